The molecule has 3 heteroatoms. The van der Waals surface area contributed by atoms with Crippen LogP contribution in [0.3, 0.4) is 0 Å². The first-order valence-electron chi connectivity index (χ1n) is 7.48. The minimum atomic E-state index is 0.0597. The summed E-state index contributed by atoms with van der Waals surface area (Å²) in [6.07, 6.45) is 3.71. The van der Waals surface area contributed by atoms with Gasteiger partial charge in [0.15, 0.2) is 5.78 Å². The second-order valence-electron chi connectivity index (χ2n) is 5.72. The van der Waals surface area contributed by atoms with Gasteiger partial charge in [-0.3, -0.25) is 4.79 Å². The predicted molar refractivity (Wildman–Crippen MR) is 82.2 cm³/mol. The average molecular weight is 279 g/mol. The maximum atomic E-state index is 12.5. The zero-order valence-corrected chi connectivity index (χ0v) is 11.8. The first kappa shape index (κ1) is 12.5. The summed E-state index contributed by atoms with van der Waals surface area (Å²) >= 11 is 0. The standard InChI is InChI=1S/C18H17NO2/c20-18(14-2-1-12-9-10-19-17(12)11-14)13-3-5-15(6-4-13)21-16-7-8-16/h1-6,11,16,19H,7-10H2. The van der Waals surface area contributed by atoms with Gasteiger partial charge < -0.3 is 10.1 Å². The van der Waals surface area contributed by atoms with Crippen molar-refractivity contribution in [2.45, 2.75) is 25.4 Å². The van der Waals surface area contributed by atoms with Gasteiger partial charge in [0.2, 0.25) is 0 Å². The summed E-state index contributed by atoms with van der Waals surface area (Å²) in [6, 6.07) is 13.4. The van der Waals surface area contributed by atoms with Crippen molar-refractivity contribution in [3.63, 3.8) is 0 Å². The molecule has 0 bridgehead atoms. The van der Waals surface area contributed by atoms with Crippen molar-refractivity contribution in [2.75, 3.05) is 11.9 Å². The highest BCUT2D eigenvalue weighted by atomic mass is 16.5. The van der Waals surface area contributed by atoms with Gasteiger partial charge in [0.25, 0.3) is 0 Å². The molecule has 1 heterocycles. The molecule has 1 N–H and O–H groups in total. The third-order valence-electron chi connectivity index (χ3n) is 4.03. The van der Waals surface area contributed by atoms with Crippen molar-refractivity contribution < 1.29 is 9.53 Å². The van der Waals surface area contributed by atoms with E-state index in [1.54, 1.807) is 0 Å². The Kier molecular flexibility index (Phi) is 2.92. The van der Waals surface area contributed by atoms with Crippen molar-refractivity contribution in [1.29, 1.82) is 0 Å². The number of ether oxygens (including phenoxy) is 1. The van der Waals surface area contributed by atoms with Crippen LogP contribution < -0.4 is 10.1 Å². The van der Waals surface area contributed by atoms with Crippen LogP contribution in [0.25, 0.3) is 0 Å². The fraction of sp³-hybridized carbons (Fsp3) is 0.278. The van der Waals surface area contributed by atoms with Crippen LogP contribution >= 0.6 is 0 Å². The summed E-state index contributed by atoms with van der Waals surface area (Å²) in [6.45, 7) is 0.959. The molecule has 0 atom stereocenters. The number of carbonyl (C=O) groups is 1. The summed E-state index contributed by atoms with van der Waals surface area (Å²) in [5.74, 6) is 0.911. The van der Waals surface area contributed by atoms with Crippen molar-refractivity contribution in [1.82, 2.24) is 0 Å². The number of benzene rings is 2. The lowest BCUT2D eigenvalue weighted by Crippen LogP contribution is -2.02. The number of hydrogen-bond acceptors (Lipinski definition) is 3. The summed E-state index contributed by atoms with van der Waals surface area (Å²) in [5, 5.41) is 3.31. The van der Waals surface area contributed by atoms with E-state index in [2.05, 4.69) is 5.32 Å². The number of ketones is 1. The molecule has 1 aliphatic heterocycles. The molecule has 0 aromatic heterocycles. The summed E-state index contributed by atoms with van der Waals surface area (Å²) < 4.78 is 5.70. The Morgan fingerprint density at radius 1 is 1.05 bits per heavy atom. The fourth-order valence-electron chi connectivity index (χ4n) is 2.66. The van der Waals surface area contributed by atoms with E-state index in [1.807, 2.05) is 42.5 Å². The number of anilines is 1. The highest BCUT2D eigenvalue weighted by Crippen LogP contribution is 2.28. The molecule has 3 nitrogen and oxygen atoms in total. The van der Waals surface area contributed by atoms with Gasteiger partial charge in [-0.2, -0.15) is 0 Å². The normalized spacial score (nSPS) is 16.2. The topological polar surface area (TPSA) is 38.3 Å². The minimum absolute atomic E-state index is 0.0597. The second-order valence-corrected chi connectivity index (χ2v) is 5.72. The van der Waals surface area contributed by atoms with E-state index >= 15 is 0 Å². The van der Waals surface area contributed by atoms with Crippen LogP contribution in [0.1, 0.15) is 34.3 Å². The van der Waals surface area contributed by atoms with Crippen LogP contribution in [-0.4, -0.2) is 18.4 Å². The third kappa shape index (κ3) is 2.51. The zero-order valence-electron chi connectivity index (χ0n) is 11.8. The van der Waals surface area contributed by atoms with Crippen LogP contribution in [-0.2, 0) is 6.42 Å². The van der Waals surface area contributed by atoms with Crippen LogP contribution in [0.4, 0.5) is 5.69 Å². The number of carbonyl (C=O) groups excluding carboxylic acids is 1. The van der Waals surface area contributed by atoms with Crippen molar-refractivity contribution in [2.24, 2.45) is 0 Å². The Hall–Kier alpha value is -2.29. The number of nitrogens with one attached hydrogen (secondary N) is 1. The molecule has 2 aromatic carbocycles. The maximum absolute atomic E-state index is 12.5. The Bertz CT molecular complexity index is 687. The van der Waals surface area contributed by atoms with Crippen molar-refractivity contribution >= 4 is 11.5 Å². The van der Waals surface area contributed by atoms with Crippen molar-refractivity contribution in [3.8, 4) is 5.75 Å². The van der Waals surface area contributed by atoms with Crippen LogP contribution in [0.2, 0.25) is 0 Å². The smallest absolute Gasteiger partial charge is 0.193 e. The van der Waals surface area contributed by atoms with Crippen LogP contribution in [0, 0.1) is 0 Å². The summed E-state index contributed by atoms with van der Waals surface area (Å²) in [7, 11) is 0. The van der Waals surface area contributed by atoms with E-state index in [4.69, 9.17) is 4.74 Å². The highest BCUT2D eigenvalue weighted by molar-refractivity contribution is 6.09. The largest absolute Gasteiger partial charge is 0.490 e. The average Bonchev–Trinajstić information content (AvgIpc) is 3.21. The monoisotopic (exact) mass is 279 g/mol. The Balaban J connectivity index is 1.55. The molecule has 2 aliphatic rings. The Morgan fingerprint density at radius 2 is 1.81 bits per heavy atom. The molecule has 0 radical (unpaired) electrons. The lowest BCUT2D eigenvalue weighted by Gasteiger charge is -2.07. The molecule has 106 valence electrons. The molecule has 21 heavy (non-hydrogen) atoms. The molecule has 1 aliphatic carbocycles. The van der Waals surface area contributed by atoms with Gasteiger partial charge in [0.05, 0.1) is 6.10 Å². The van der Waals surface area contributed by atoms with Crippen LogP contribution in [0.5, 0.6) is 5.75 Å². The molecule has 0 spiro atoms. The van der Waals surface area contributed by atoms with Crippen molar-refractivity contribution in [3.05, 3.63) is 59.2 Å². The fourth-order valence-corrected chi connectivity index (χ4v) is 2.66. The number of fused-ring (bicyclic) bond motifs is 1. The summed E-state index contributed by atoms with van der Waals surface area (Å²) in [5.41, 5.74) is 3.82. The molecule has 1 fully saturated rings. The van der Waals surface area contributed by atoms with Gasteiger partial charge in [-0.15, -0.1) is 0 Å². The second kappa shape index (κ2) is 4.92. The summed E-state index contributed by atoms with van der Waals surface area (Å²) in [4.78, 5) is 12.5. The van der Waals surface area contributed by atoms with E-state index in [1.165, 1.54) is 5.56 Å². The van der Waals surface area contributed by atoms with Gasteiger partial charge in [0, 0.05) is 23.4 Å². The molecule has 2 aromatic rings. The van der Waals surface area contributed by atoms with Gasteiger partial charge >= 0.3 is 0 Å². The Morgan fingerprint density at radius 3 is 2.57 bits per heavy atom. The van der Waals surface area contributed by atoms with Gasteiger partial charge in [-0.05, 0) is 55.2 Å². The lowest BCUT2D eigenvalue weighted by molar-refractivity contribution is 0.103. The number of rotatable bonds is 4. The van der Waals surface area contributed by atoms with Crippen LogP contribution in [0.15, 0.2) is 42.5 Å². The predicted octanol–water partition coefficient (Wildman–Crippen LogP) is 3.43. The Labute approximate surface area is 123 Å². The minimum Gasteiger partial charge on any atom is -0.490 e. The van der Waals surface area contributed by atoms with Gasteiger partial charge in [-0.1, -0.05) is 12.1 Å². The molecule has 0 unspecified atom stereocenters. The quantitative estimate of drug-likeness (QED) is 0.871. The molecule has 0 amide bonds. The zero-order chi connectivity index (χ0) is 14.2. The molecular formula is C18H17NO2. The first-order valence-corrected chi connectivity index (χ1v) is 7.48. The number of hydrogen-bond donors (Lipinski definition) is 1. The van der Waals surface area contributed by atoms with E-state index in [0.717, 1.165) is 42.8 Å². The SMILES string of the molecule is O=C(c1ccc(OC2CC2)cc1)c1ccc2c(c1)NCC2. The molecular weight excluding hydrogens is 262 g/mol. The highest BCUT2D eigenvalue weighted by Gasteiger charge is 2.23. The van der Waals surface area contributed by atoms with E-state index in [0.29, 0.717) is 11.7 Å². The lowest BCUT2D eigenvalue weighted by atomic mass is 10.0. The molecule has 1 saturated carbocycles. The first-order chi connectivity index (χ1) is 10.3. The van der Waals surface area contributed by atoms with Gasteiger partial charge in [-0.25, -0.2) is 0 Å². The van der Waals surface area contributed by atoms with E-state index in [-0.39, 0.29) is 5.78 Å². The van der Waals surface area contributed by atoms with Gasteiger partial charge in [0.1, 0.15) is 5.75 Å². The molecule has 4 rings (SSSR count). The maximum Gasteiger partial charge on any atom is 0.193 e. The van der Waals surface area contributed by atoms with E-state index in [9.17, 15) is 4.79 Å². The third-order valence-corrected chi connectivity index (χ3v) is 4.03. The van der Waals surface area contributed by atoms with E-state index < -0.39 is 0 Å². The molecule has 0 saturated heterocycles.